The third-order valence-corrected chi connectivity index (χ3v) is 3.03. The highest BCUT2D eigenvalue weighted by Crippen LogP contribution is 2.02. The summed E-state index contributed by atoms with van der Waals surface area (Å²) in [6.07, 6.45) is 2.21. The van der Waals surface area contributed by atoms with Crippen molar-refractivity contribution in [2.45, 2.75) is 26.7 Å². The largest absolute Gasteiger partial charge is 0.379 e. The smallest absolute Gasteiger partial charge is 0.234 e. The maximum atomic E-state index is 10.5. The number of rotatable bonds is 10. The minimum absolute atomic E-state index is 0.126. The normalized spacial score (nSPS) is 12.2. The van der Waals surface area contributed by atoms with Gasteiger partial charge in [0, 0.05) is 17.3 Å². The molecule has 6 heteroatoms. The molecule has 0 heterocycles. The quantitative estimate of drug-likeness (QED) is 0.451. The number of ether oxygens (including phenoxy) is 2. The zero-order valence-corrected chi connectivity index (χ0v) is 11.5. The molecule has 0 atom stereocenters. The van der Waals surface area contributed by atoms with Gasteiger partial charge < -0.3 is 9.47 Å². The summed E-state index contributed by atoms with van der Waals surface area (Å²) in [6.45, 7) is 6.12. The van der Waals surface area contributed by atoms with Gasteiger partial charge in [0.25, 0.3) is 0 Å². The minimum Gasteiger partial charge on any atom is -0.379 e. The molecule has 16 heavy (non-hydrogen) atoms. The lowest BCUT2D eigenvalue weighted by atomic mass is 10.1. The van der Waals surface area contributed by atoms with Gasteiger partial charge in [0.1, 0.15) is 0 Å². The molecule has 0 aromatic heterocycles. The first-order chi connectivity index (χ1) is 7.42. The molecule has 0 aromatic carbocycles. The van der Waals surface area contributed by atoms with Gasteiger partial charge >= 0.3 is 0 Å². The Labute approximate surface area is 103 Å². The number of halogens is 1. The average molecular weight is 273 g/mol. The maximum Gasteiger partial charge on any atom is 0.234 e. The van der Waals surface area contributed by atoms with Crippen molar-refractivity contribution in [3.05, 3.63) is 0 Å². The molecule has 0 bridgehead atoms. The van der Waals surface area contributed by atoms with Crippen LogP contribution in [0.2, 0.25) is 0 Å². The lowest BCUT2D eigenvalue weighted by Gasteiger charge is -2.06. The lowest BCUT2D eigenvalue weighted by molar-refractivity contribution is 0.0513. The second-order valence-electron chi connectivity index (χ2n) is 4.00. The summed E-state index contributed by atoms with van der Waals surface area (Å²) < 4.78 is 31.4. The third-order valence-electron chi connectivity index (χ3n) is 1.91. The van der Waals surface area contributed by atoms with Gasteiger partial charge in [0.05, 0.1) is 25.6 Å². The Balaban J connectivity index is 3.10. The van der Waals surface area contributed by atoms with E-state index in [-0.39, 0.29) is 12.4 Å². The van der Waals surface area contributed by atoms with Gasteiger partial charge in [-0.3, -0.25) is 0 Å². The molecule has 0 aliphatic heterocycles. The highest BCUT2D eigenvalue weighted by molar-refractivity contribution is 8.13. The van der Waals surface area contributed by atoms with E-state index < -0.39 is 9.05 Å². The van der Waals surface area contributed by atoms with Crippen LogP contribution in [0.15, 0.2) is 0 Å². The Hall–Kier alpha value is 0.160. The van der Waals surface area contributed by atoms with Gasteiger partial charge in [-0.15, -0.1) is 0 Å². The molecule has 0 N–H and O–H groups in total. The van der Waals surface area contributed by atoms with Crippen molar-refractivity contribution < 1.29 is 17.9 Å². The van der Waals surface area contributed by atoms with Gasteiger partial charge in [-0.25, -0.2) is 8.42 Å². The van der Waals surface area contributed by atoms with Crippen molar-refractivity contribution in [1.82, 2.24) is 0 Å². The van der Waals surface area contributed by atoms with E-state index in [1.165, 1.54) is 0 Å². The van der Waals surface area contributed by atoms with E-state index in [0.29, 0.717) is 19.1 Å². The van der Waals surface area contributed by atoms with E-state index in [2.05, 4.69) is 13.8 Å². The van der Waals surface area contributed by atoms with E-state index in [0.717, 1.165) is 19.4 Å². The van der Waals surface area contributed by atoms with Crippen molar-refractivity contribution in [1.29, 1.82) is 0 Å². The minimum atomic E-state index is -3.43. The zero-order valence-electron chi connectivity index (χ0n) is 9.95. The van der Waals surface area contributed by atoms with Crippen LogP contribution in [0.4, 0.5) is 0 Å². The lowest BCUT2D eigenvalue weighted by Crippen LogP contribution is -2.11. The summed E-state index contributed by atoms with van der Waals surface area (Å²) in [4.78, 5) is 0. The fourth-order valence-electron chi connectivity index (χ4n) is 1.07. The predicted molar refractivity (Wildman–Crippen MR) is 65.3 cm³/mol. The van der Waals surface area contributed by atoms with Crippen molar-refractivity contribution in [2.75, 3.05) is 32.2 Å². The Morgan fingerprint density at radius 3 is 2.12 bits per heavy atom. The average Bonchev–Trinajstić information content (AvgIpc) is 2.13. The van der Waals surface area contributed by atoms with Crippen LogP contribution in [0, 0.1) is 5.92 Å². The standard InChI is InChI=1S/C10H21ClO4S/c1-10(2)4-3-5-14-6-7-15-8-9-16(11,12)13/h10H,3-9H2,1-2H3. The summed E-state index contributed by atoms with van der Waals surface area (Å²) in [5, 5.41) is 0. The molecule has 0 spiro atoms. The van der Waals surface area contributed by atoms with Crippen LogP contribution in [0.5, 0.6) is 0 Å². The topological polar surface area (TPSA) is 52.6 Å². The molecular weight excluding hydrogens is 252 g/mol. The van der Waals surface area contributed by atoms with Crippen LogP contribution in [0.1, 0.15) is 26.7 Å². The molecule has 0 saturated carbocycles. The van der Waals surface area contributed by atoms with E-state index >= 15 is 0 Å². The molecule has 0 unspecified atom stereocenters. The van der Waals surface area contributed by atoms with Gasteiger partial charge in [0.2, 0.25) is 9.05 Å². The summed E-state index contributed by atoms with van der Waals surface area (Å²) in [6, 6.07) is 0. The number of hydrogen-bond acceptors (Lipinski definition) is 4. The van der Waals surface area contributed by atoms with Gasteiger partial charge in [-0.1, -0.05) is 13.8 Å². The molecule has 0 aliphatic rings. The zero-order chi connectivity index (χ0) is 12.4. The molecule has 0 aromatic rings. The molecule has 98 valence electrons. The second-order valence-corrected chi connectivity index (χ2v) is 6.90. The Morgan fingerprint density at radius 2 is 1.62 bits per heavy atom. The van der Waals surface area contributed by atoms with Crippen molar-refractivity contribution in [2.24, 2.45) is 5.92 Å². The molecule has 0 amide bonds. The molecule has 0 radical (unpaired) electrons. The molecule has 0 fully saturated rings. The molecular formula is C10H21ClO4S. The Morgan fingerprint density at radius 1 is 1.06 bits per heavy atom. The summed E-state index contributed by atoms with van der Waals surface area (Å²) in [5.74, 6) is 0.552. The summed E-state index contributed by atoms with van der Waals surface area (Å²) >= 11 is 0. The van der Waals surface area contributed by atoms with Crippen molar-refractivity contribution in [3.63, 3.8) is 0 Å². The monoisotopic (exact) mass is 272 g/mol. The molecule has 4 nitrogen and oxygen atoms in total. The second kappa shape index (κ2) is 9.22. The van der Waals surface area contributed by atoms with E-state index in [1.807, 2.05) is 0 Å². The fraction of sp³-hybridized carbons (Fsp3) is 1.00. The third kappa shape index (κ3) is 14.2. The van der Waals surface area contributed by atoms with Crippen LogP contribution < -0.4 is 0 Å². The fourth-order valence-corrected chi connectivity index (χ4v) is 1.58. The molecule has 0 rings (SSSR count). The summed E-state index contributed by atoms with van der Waals surface area (Å²) in [5.41, 5.74) is 0. The first-order valence-corrected chi connectivity index (χ1v) is 7.97. The SMILES string of the molecule is CC(C)CCCOCCOCCS(=O)(=O)Cl. The summed E-state index contributed by atoms with van der Waals surface area (Å²) in [7, 11) is 1.58. The van der Waals surface area contributed by atoms with Gasteiger partial charge in [-0.2, -0.15) is 0 Å². The maximum absolute atomic E-state index is 10.5. The predicted octanol–water partition coefficient (Wildman–Crippen LogP) is 2.02. The number of hydrogen-bond donors (Lipinski definition) is 0. The highest BCUT2D eigenvalue weighted by Gasteiger charge is 2.03. The van der Waals surface area contributed by atoms with E-state index in [1.54, 1.807) is 0 Å². The highest BCUT2D eigenvalue weighted by atomic mass is 35.7. The van der Waals surface area contributed by atoms with E-state index in [4.69, 9.17) is 20.2 Å². The molecule has 0 aliphatic carbocycles. The van der Waals surface area contributed by atoms with Crippen molar-refractivity contribution in [3.8, 4) is 0 Å². The van der Waals surface area contributed by atoms with E-state index in [9.17, 15) is 8.42 Å². The van der Waals surface area contributed by atoms with Crippen LogP contribution in [0.3, 0.4) is 0 Å². The van der Waals surface area contributed by atoms with Gasteiger partial charge in [0.15, 0.2) is 0 Å². The first-order valence-electron chi connectivity index (χ1n) is 5.49. The first kappa shape index (κ1) is 16.2. The Kier molecular flexibility index (Phi) is 9.31. The van der Waals surface area contributed by atoms with Crippen LogP contribution in [-0.4, -0.2) is 40.6 Å². The van der Waals surface area contributed by atoms with Crippen LogP contribution in [0.25, 0.3) is 0 Å². The van der Waals surface area contributed by atoms with Crippen LogP contribution in [-0.2, 0) is 18.5 Å². The van der Waals surface area contributed by atoms with Crippen LogP contribution >= 0.6 is 10.7 Å². The van der Waals surface area contributed by atoms with Crippen molar-refractivity contribution >= 4 is 19.7 Å². The Bertz CT molecular complexity index is 252. The molecule has 0 saturated heterocycles. The van der Waals surface area contributed by atoms with Gasteiger partial charge in [-0.05, 0) is 18.8 Å².